The van der Waals surface area contributed by atoms with E-state index in [2.05, 4.69) is 43.2 Å². The number of hydrogen-bond donors (Lipinski definition) is 1. The first kappa shape index (κ1) is 14.2. The molecule has 0 amide bonds. The Kier molecular flexibility index (Phi) is 3.77. The van der Waals surface area contributed by atoms with Gasteiger partial charge in [-0.1, -0.05) is 17.7 Å². The maximum atomic E-state index is 4.88. The van der Waals surface area contributed by atoms with Gasteiger partial charge in [0.05, 0.1) is 0 Å². The fraction of sp³-hybridized carbons (Fsp3) is 0.444. The first-order chi connectivity index (χ1) is 10.1. The minimum atomic E-state index is 0.406. The molecule has 21 heavy (non-hydrogen) atoms. The van der Waals surface area contributed by atoms with Crippen molar-refractivity contribution in [3.63, 3.8) is 0 Å². The van der Waals surface area contributed by atoms with Gasteiger partial charge in [0.25, 0.3) is 0 Å². The van der Waals surface area contributed by atoms with Crippen LogP contribution in [0.25, 0.3) is 11.4 Å². The van der Waals surface area contributed by atoms with Gasteiger partial charge in [-0.15, -0.1) is 0 Å². The van der Waals surface area contributed by atoms with Crippen LogP contribution in [-0.2, 0) is 6.42 Å². The van der Waals surface area contributed by atoms with Crippen LogP contribution >= 0.6 is 0 Å². The van der Waals surface area contributed by atoms with Crippen LogP contribution in [0.1, 0.15) is 46.8 Å². The maximum Gasteiger partial charge on any atom is 0.159 e. The first-order valence-electron chi connectivity index (χ1n) is 7.71. The number of aryl methyl sites for hydroxylation is 4. The van der Waals surface area contributed by atoms with Crippen LogP contribution in [0.4, 0.5) is 0 Å². The van der Waals surface area contributed by atoms with Gasteiger partial charge < -0.3 is 5.32 Å². The third-order valence-electron chi connectivity index (χ3n) is 4.43. The standard InChI is InChI=1S/C18H23N3/c1-11-8-12(2)17(13(3)9-11)18-20-10-14-15(19-4)6-5-7-16(14)21-18/h8-10,15,19H,5-7H2,1-4H3. The molecule has 1 heterocycles. The molecule has 0 radical (unpaired) electrons. The second-order valence-electron chi connectivity index (χ2n) is 6.10. The van der Waals surface area contributed by atoms with Gasteiger partial charge in [-0.3, -0.25) is 0 Å². The van der Waals surface area contributed by atoms with Crippen LogP contribution in [0.3, 0.4) is 0 Å². The first-order valence-corrected chi connectivity index (χ1v) is 7.71. The smallest absolute Gasteiger partial charge is 0.159 e. The zero-order valence-electron chi connectivity index (χ0n) is 13.3. The molecule has 1 atom stereocenters. The number of nitrogens with one attached hydrogen (secondary N) is 1. The number of rotatable bonds is 2. The Labute approximate surface area is 126 Å². The highest BCUT2D eigenvalue weighted by atomic mass is 14.9. The van der Waals surface area contributed by atoms with E-state index in [1.807, 2.05) is 13.2 Å². The van der Waals surface area contributed by atoms with Crippen molar-refractivity contribution in [2.24, 2.45) is 0 Å². The summed E-state index contributed by atoms with van der Waals surface area (Å²) in [7, 11) is 2.02. The molecule has 1 aliphatic carbocycles. The molecule has 3 heteroatoms. The lowest BCUT2D eigenvalue weighted by Gasteiger charge is -2.24. The van der Waals surface area contributed by atoms with Crippen LogP contribution in [0, 0.1) is 20.8 Å². The van der Waals surface area contributed by atoms with E-state index >= 15 is 0 Å². The van der Waals surface area contributed by atoms with Crippen molar-refractivity contribution in [1.82, 2.24) is 15.3 Å². The van der Waals surface area contributed by atoms with Gasteiger partial charge in [0.1, 0.15) is 0 Å². The summed E-state index contributed by atoms with van der Waals surface area (Å²) >= 11 is 0. The Morgan fingerprint density at radius 3 is 2.52 bits per heavy atom. The van der Waals surface area contributed by atoms with E-state index in [9.17, 15) is 0 Å². The second-order valence-corrected chi connectivity index (χ2v) is 6.10. The van der Waals surface area contributed by atoms with Crippen LogP contribution in [0.5, 0.6) is 0 Å². The number of fused-ring (bicyclic) bond motifs is 1. The summed E-state index contributed by atoms with van der Waals surface area (Å²) in [6.45, 7) is 6.43. The van der Waals surface area contributed by atoms with Gasteiger partial charge in [-0.25, -0.2) is 9.97 Å². The molecule has 1 N–H and O–H groups in total. The molecule has 0 saturated carbocycles. The minimum absolute atomic E-state index is 0.406. The zero-order valence-corrected chi connectivity index (χ0v) is 13.3. The van der Waals surface area contributed by atoms with Crippen LogP contribution in [0.15, 0.2) is 18.3 Å². The van der Waals surface area contributed by atoms with Gasteiger partial charge in [0, 0.05) is 29.1 Å². The molecule has 3 rings (SSSR count). The molecule has 110 valence electrons. The summed E-state index contributed by atoms with van der Waals surface area (Å²) in [5.41, 5.74) is 7.48. The van der Waals surface area contributed by atoms with E-state index in [1.165, 1.54) is 46.4 Å². The quantitative estimate of drug-likeness (QED) is 0.912. The van der Waals surface area contributed by atoms with E-state index in [0.717, 1.165) is 12.2 Å². The van der Waals surface area contributed by atoms with Crippen LogP contribution in [-0.4, -0.2) is 17.0 Å². The van der Waals surface area contributed by atoms with E-state index in [4.69, 9.17) is 4.98 Å². The highest BCUT2D eigenvalue weighted by molar-refractivity contribution is 5.65. The molecule has 0 fully saturated rings. The highest BCUT2D eigenvalue weighted by Gasteiger charge is 2.21. The molecule has 1 aromatic carbocycles. The van der Waals surface area contributed by atoms with Crippen molar-refractivity contribution >= 4 is 0 Å². The number of nitrogens with zero attached hydrogens (tertiary/aromatic N) is 2. The number of aromatic nitrogens is 2. The molecule has 0 saturated heterocycles. The van der Waals surface area contributed by atoms with Crippen molar-refractivity contribution in [3.05, 3.63) is 46.3 Å². The van der Waals surface area contributed by atoms with E-state index in [-0.39, 0.29) is 0 Å². The van der Waals surface area contributed by atoms with Crippen molar-refractivity contribution in [2.75, 3.05) is 7.05 Å². The topological polar surface area (TPSA) is 37.8 Å². The average molecular weight is 281 g/mol. The number of benzene rings is 1. The van der Waals surface area contributed by atoms with Crippen molar-refractivity contribution in [2.45, 2.75) is 46.1 Å². The number of hydrogen-bond acceptors (Lipinski definition) is 3. The van der Waals surface area contributed by atoms with Crippen LogP contribution in [0.2, 0.25) is 0 Å². The summed E-state index contributed by atoms with van der Waals surface area (Å²) in [6.07, 6.45) is 5.46. The third kappa shape index (κ3) is 2.58. The molecular weight excluding hydrogens is 258 g/mol. The summed E-state index contributed by atoms with van der Waals surface area (Å²) in [5, 5.41) is 3.37. The summed E-state index contributed by atoms with van der Waals surface area (Å²) in [5.74, 6) is 0.875. The summed E-state index contributed by atoms with van der Waals surface area (Å²) in [4.78, 5) is 9.54. The predicted octanol–water partition coefficient (Wildman–Crippen LogP) is 3.67. The van der Waals surface area contributed by atoms with Crippen molar-refractivity contribution < 1.29 is 0 Å². The molecule has 2 aromatic rings. The Morgan fingerprint density at radius 2 is 1.86 bits per heavy atom. The third-order valence-corrected chi connectivity index (χ3v) is 4.43. The lowest BCUT2D eigenvalue weighted by Crippen LogP contribution is -2.23. The van der Waals surface area contributed by atoms with Crippen molar-refractivity contribution in [3.8, 4) is 11.4 Å². The fourth-order valence-corrected chi connectivity index (χ4v) is 3.50. The molecule has 0 bridgehead atoms. The van der Waals surface area contributed by atoms with E-state index < -0.39 is 0 Å². The zero-order chi connectivity index (χ0) is 15.0. The fourth-order valence-electron chi connectivity index (χ4n) is 3.50. The molecule has 0 aliphatic heterocycles. The Balaban J connectivity index is 2.09. The molecule has 1 unspecified atom stereocenters. The van der Waals surface area contributed by atoms with Gasteiger partial charge in [-0.2, -0.15) is 0 Å². The second kappa shape index (κ2) is 5.57. The lowest BCUT2D eigenvalue weighted by atomic mass is 9.92. The molecule has 1 aromatic heterocycles. The van der Waals surface area contributed by atoms with E-state index in [1.54, 1.807) is 0 Å². The van der Waals surface area contributed by atoms with Gasteiger partial charge >= 0.3 is 0 Å². The minimum Gasteiger partial charge on any atom is -0.313 e. The maximum absolute atomic E-state index is 4.88. The van der Waals surface area contributed by atoms with Gasteiger partial charge in [0.15, 0.2) is 5.82 Å². The predicted molar refractivity (Wildman–Crippen MR) is 86.4 cm³/mol. The lowest BCUT2D eigenvalue weighted by molar-refractivity contribution is 0.488. The Morgan fingerprint density at radius 1 is 1.14 bits per heavy atom. The molecule has 0 spiro atoms. The SMILES string of the molecule is CNC1CCCc2nc(-c3c(C)cc(C)cc3C)ncc21. The van der Waals surface area contributed by atoms with Gasteiger partial charge in [-0.05, 0) is 58.2 Å². The molecular formula is C18H23N3. The van der Waals surface area contributed by atoms with Gasteiger partial charge in [0.2, 0.25) is 0 Å². The normalized spacial score (nSPS) is 17.6. The molecule has 1 aliphatic rings. The average Bonchev–Trinajstić information content (AvgIpc) is 2.45. The monoisotopic (exact) mass is 281 g/mol. The molecule has 3 nitrogen and oxygen atoms in total. The Hall–Kier alpha value is -1.74. The Bertz CT molecular complexity index is 653. The highest BCUT2D eigenvalue weighted by Crippen LogP contribution is 2.31. The summed E-state index contributed by atoms with van der Waals surface area (Å²) in [6, 6.07) is 4.83. The van der Waals surface area contributed by atoms with Crippen LogP contribution < -0.4 is 5.32 Å². The van der Waals surface area contributed by atoms with Crippen molar-refractivity contribution in [1.29, 1.82) is 0 Å². The summed E-state index contributed by atoms with van der Waals surface area (Å²) < 4.78 is 0. The largest absolute Gasteiger partial charge is 0.313 e. The van der Waals surface area contributed by atoms with E-state index in [0.29, 0.717) is 6.04 Å².